The van der Waals surface area contributed by atoms with Gasteiger partial charge in [0.15, 0.2) is 0 Å². The summed E-state index contributed by atoms with van der Waals surface area (Å²) in [5.41, 5.74) is -0.531. The Balaban J connectivity index is 2.52. The van der Waals surface area contributed by atoms with E-state index in [9.17, 15) is 0 Å². The molecule has 63 valence electrons. The van der Waals surface area contributed by atoms with Crippen molar-refractivity contribution >= 4 is 10.2 Å². The molecule has 2 nitrogen and oxygen atoms in total. The van der Waals surface area contributed by atoms with Crippen molar-refractivity contribution in [1.29, 1.82) is 0 Å². The minimum Gasteiger partial charge on any atom is -0.358 e. The first-order valence-corrected chi connectivity index (χ1v) is 4.58. The minimum absolute atomic E-state index is 0.508. The number of hydrogen-bond acceptors (Lipinski definition) is 2. The molecule has 0 N–H and O–H groups in total. The van der Waals surface area contributed by atoms with Gasteiger partial charge in [-0.25, -0.2) is 0 Å². The van der Waals surface area contributed by atoms with Gasteiger partial charge in [-0.2, -0.15) is 0 Å². The molecule has 0 aliphatic heterocycles. The van der Waals surface area contributed by atoms with Crippen LogP contribution in [0.15, 0.2) is 0 Å². The molecule has 0 aromatic heterocycles. The highest BCUT2D eigenvalue weighted by molar-refractivity contribution is 6.13. The van der Waals surface area contributed by atoms with E-state index in [1.165, 1.54) is 25.7 Å². The van der Waals surface area contributed by atoms with Crippen molar-refractivity contribution in [1.82, 2.24) is 0 Å². The number of rotatable bonds is 3. The third-order valence-electron chi connectivity index (χ3n) is 2.50. The number of methoxy groups -OCH3 is 2. The summed E-state index contributed by atoms with van der Waals surface area (Å²) in [6.07, 6.45) is 4.99. The Morgan fingerprint density at radius 2 is 1.64 bits per heavy atom. The van der Waals surface area contributed by atoms with Gasteiger partial charge in [0.25, 0.3) is 0 Å². The van der Waals surface area contributed by atoms with Crippen LogP contribution in [0.4, 0.5) is 0 Å². The molecule has 0 saturated heterocycles. The van der Waals surface area contributed by atoms with Crippen molar-refractivity contribution in [3.8, 4) is 0 Å². The van der Waals surface area contributed by atoms with Gasteiger partial charge < -0.3 is 9.47 Å². The van der Waals surface area contributed by atoms with Crippen LogP contribution in [0, 0.1) is 5.92 Å². The first kappa shape index (κ1) is 9.23. The highest BCUT2D eigenvalue weighted by Crippen LogP contribution is 2.34. The van der Waals surface area contributed by atoms with E-state index < -0.39 is 5.41 Å². The summed E-state index contributed by atoms with van der Waals surface area (Å²) < 4.78 is 10.5. The van der Waals surface area contributed by atoms with Gasteiger partial charge in [0.1, 0.15) is 15.7 Å². The van der Waals surface area contributed by atoms with Gasteiger partial charge >= 0.3 is 0 Å². The summed E-state index contributed by atoms with van der Waals surface area (Å²) in [6, 6.07) is 0. The summed E-state index contributed by atoms with van der Waals surface area (Å²) >= 11 is 0. The maximum Gasteiger partial charge on any atom is 0.146 e. The van der Waals surface area contributed by atoms with Crippen molar-refractivity contribution in [2.24, 2.45) is 5.92 Å². The average Bonchev–Trinajstić information content (AvgIpc) is 2.55. The van der Waals surface area contributed by atoms with Gasteiger partial charge in [-0.15, -0.1) is 0 Å². The van der Waals surface area contributed by atoms with E-state index in [0.717, 1.165) is 0 Å². The van der Waals surface area contributed by atoms with E-state index in [0.29, 0.717) is 5.92 Å². The molecule has 1 aliphatic rings. The molecule has 1 saturated carbocycles. The van der Waals surface area contributed by atoms with Gasteiger partial charge in [0.2, 0.25) is 0 Å². The van der Waals surface area contributed by atoms with E-state index in [1.54, 1.807) is 14.2 Å². The molecule has 0 amide bonds. The molecule has 0 unspecified atom stereocenters. The Labute approximate surface area is 71.7 Å². The maximum atomic E-state index is 5.26. The smallest absolute Gasteiger partial charge is 0.146 e. The van der Waals surface area contributed by atoms with Crippen LogP contribution in [0.5, 0.6) is 0 Å². The van der Waals surface area contributed by atoms with Gasteiger partial charge in [-0.1, -0.05) is 12.8 Å². The molecule has 1 rings (SSSR count). The molecule has 3 radical (unpaired) electrons. The number of ether oxygens (including phenoxy) is 2. The highest BCUT2D eigenvalue weighted by Gasteiger charge is 2.35. The second-order valence-electron chi connectivity index (χ2n) is 3.06. The van der Waals surface area contributed by atoms with E-state index >= 15 is 0 Å². The lowest BCUT2D eigenvalue weighted by Gasteiger charge is -2.32. The molecule has 11 heavy (non-hydrogen) atoms. The zero-order valence-electron chi connectivity index (χ0n) is 7.22. The zero-order valence-corrected chi connectivity index (χ0v) is 8.22. The lowest BCUT2D eigenvalue weighted by Crippen LogP contribution is -2.41. The first-order chi connectivity index (χ1) is 5.23. The minimum atomic E-state index is -0.531. The van der Waals surface area contributed by atoms with Gasteiger partial charge in [0.05, 0.1) is 0 Å². The van der Waals surface area contributed by atoms with Crippen molar-refractivity contribution in [3.63, 3.8) is 0 Å². The lowest BCUT2D eigenvalue weighted by molar-refractivity contribution is -0.175. The fraction of sp³-hybridized carbons (Fsp3) is 1.00. The standard InChI is InChI=1S/C8H15O2Si/c1-9-8(11,10-2)7-5-3-4-6-7/h7H,3-6H2,1-2H3. The largest absolute Gasteiger partial charge is 0.358 e. The van der Waals surface area contributed by atoms with E-state index in [-0.39, 0.29) is 0 Å². The van der Waals surface area contributed by atoms with Crippen LogP contribution in [-0.2, 0) is 9.47 Å². The Hall–Kier alpha value is 0.137. The fourth-order valence-corrected chi connectivity index (χ4v) is 2.01. The average molecular weight is 171 g/mol. The molecule has 0 heterocycles. The zero-order chi connectivity index (χ0) is 8.32. The van der Waals surface area contributed by atoms with Gasteiger partial charge in [-0.3, -0.25) is 0 Å². The van der Waals surface area contributed by atoms with Crippen LogP contribution in [-0.4, -0.2) is 29.9 Å². The predicted octanol–water partition coefficient (Wildman–Crippen LogP) is 1.29. The summed E-state index contributed by atoms with van der Waals surface area (Å²) in [7, 11) is 6.87. The third-order valence-corrected chi connectivity index (χ3v) is 3.32. The molecule has 0 aromatic carbocycles. The second-order valence-corrected chi connectivity index (χ2v) is 3.75. The van der Waals surface area contributed by atoms with E-state index in [4.69, 9.17) is 9.47 Å². The van der Waals surface area contributed by atoms with E-state index in [1.807, 2.05) is 0 Å². The second kappa shape index (κ2) is 3.69. The Morgan fingerprint density at radius 3 is 2.00 bits per heavy atom. The Kier molecular flexibility index (Phi) is 3.10. The summed E-state index contributed by atoms with van der Waals surface area (Å²) in [6.45, 7) is 0. The first-order valence-electron chi connectivity index (χ1n) is 4.08. The van der Waals surface area contributed by atoms with Gasteiger partial charge in [0, 0.05) is 20.1 Å². The van der Waals surface area contributed by atoms with Crippen molar-refractivity contribution in [3.05, 3.63) is 0 Å². The third kappa shape index (κ3) is 1.83. The fourth-order valence-electron chi connectivity index (χ4n) is 1.72. The molecule has 3 heteroatoms. The van der Waals surface area contributed by atoms with Gasteiger partial charge in [-0.05, 0) is 12.8 Å². The molecular formula is C8H15O2Si. The topological polar surface area (TPSA) is 18.5 Å². The van der Waals surface area contributed by atoms with Crippen LogP contribution in [0.25, 0.3) is 0 Å². The van der Waals surface area contributed by atoms with Crippen LogP contribution in [0.3, 0.4) is 0 Å². The predicted molar refractivity (Wildman–Crippen MR) is 44.5 cm³/mol. The molecule has 1 fully saturated rings. The normalized spacial score (nSPS) is 21.0. The Morgan fingerprint density at radius 1 is 1.18 bits per heavy atom. The summed E-state index contributed by atoms with van der Waals surface area (Å²) in [5.74, 6) is 0.508. The summed E-state index contributed by atoms with van der Waals surface area (Å²) in [5, 5.41) is 0. The van der Waals surface area contributed by atoms with Crippen molar-refractivity contribution < 1.29 is 9.47 Å². The molecule has 0 atom stereocenters. The lowest BCUT2D eigenvalue weighted by atomic mass is 10.1. The molecular weight excluding hydrogens is 156 g/mol. The quantitative estimate of drug-likeness (QED) is 0.470. The van der Waals surface area contributed by atoms with E-state index in [2.05, 4.69) is 10.2 Å². The van der Waals surface area contributed by atoms with Crippen molar-refractivity contribution in [2.45, 2.75) is 31.1 Å². The molecule has 1 aliphatic carbocycles. The van der Waals surface area contributed by atoms with Crippen LogP contribution in [0.1, 0.15) is 25.7 Å². The maximum absolute atomic E-state index is 5.26. The highest BCUT2D eigenvalue weighted by atomic mass is 28.1. The monoisotopic (exact) mass is 171 g/mol. The number of hydrogen-bond donors (Lipinski definition) is 0. The van der Waals surface area contributed by atoms with Crippen molar-refractivity contribution in [2.75, 3.05) is 14.2 Å². The molecule has 0 aromatic rings. The Bertz CT molecular complexity index is 117. The van der Waals surface area contributed by atoms with Crippen LogP contribution < -0.4 is 0 Å². The summed E-state index contributed by atoms with van der Waals surface area (Å²) in [4.78, 5) is 0. The molecule has 0 spiro atoms. The van der Waals surface area contributed by atoms with Crippen LogP contribution in [0.2, 0.25) is 0 Å². The molecule has 0 bridgehead atoms. The SMILES string of the molecule is COC([Si])(OC)C1CCCC1. The van der Waals surface area contributed by atoms with Crippen LogP contribution >= 0.6 is 0 Å².